The number of fused-ring (bicyclic) bond motifs is 1. The maximum atomic E-state index is 4.49. The van der Waals surface area contributed by atoms with Gasteiger partial charge >= 0.3 is 0 Å². The summed E-state index contributed by atoms with van der Waals surface area (Å²) in [5.41, 5.74) is 2.77. The predicted molar refractivity (Wildman–Crippen MR) is 88.7 cm³/mol. The summed E-state index contributed by atoms with van der Waals surface area (Å²) in [5.74, 6) is 1.06. The quantitative estimate of drug-likeness (QED) is 0.715. The summed E-state index contributed by atoms with van der Waals surface area (Å²) in [7, 11) is 0. The molecule has 1 aliphatic heterocycles. The number of anilines is 1. The van der Waals surface area contributed by atoms with Gasteiger partial charge in [-0.1, -0.05) is 36.4 Å². The smallest absolute Gasteiger partial charge is 0.141 e. The molecule has 0 radical (unpaired) electrons. The van der Waals surface area contributed by atoms with Gasteiger partial charge in [0, 0.05) is 13.1 Å². The van der Waals surface area contributed by atoms with Gasteiger partial charge in [-0.2, -0.15) is 0 Å². The van der Waals surface area contributed by atoms with Crippen LogP contribution in [0.1, 0.15) is 12.0 Å². The molecule has 3 heterocycles. The molecule has 0 saturated heterocycles. The molecule has 4 heteroatoms. The van der Waals surface area contributed by atoms with Gasteiger partial charge < -0.3 is 4.90 Å². The minimum atomic E-state index is 0.909. The first-order chi connectivity index (χ1) is 10.4. The van der Waals surface area contributed by atoms with Crippen molar-refractivity contribution in [1.29, 1.82) is 0 Å². The van der Waals surface area contributed by atoms with E-state index < -0.39 is 0 Å². The highest BCUT2D eigenvalue weighted by atomic mass is 32.1. The molecule has 1 aliphatic rings. The zero-order valence-corrected chi connectivity index (χ0v) is 12.4. The first kappa shape index (κ1) is 12.5. The number of nitrogens with zero attached hydrogens (tertiary/aromatic N) is 3. The summed E-state index contributed by atoms with van der Waals surface area (Å²) in [6.07, 6.45) is 5.05. The monoisotopic (exact) mass is 293 g/mol. The Kier molecular flexibility index (Phi) is 3.16. The first-order valence-corrected chi connectivity index (χ1v) is 7.97. The molecule has 3 nitrogen and oxygen atoms in total. The lowest BCUT2D eigenvalue weighted by atomic mass is 9.99. The van der Waals surface area contributed by atoms with Crippen LogP contribution in [0.15, 0.2) is 54.2 Å². The van der Waals surface area contributed by atoms with Crippen LogP contribution in [0.3, 0.4) is 0 Å². The number of benzene rings is 1. The SMILES string of the molecule is C1=C(c2ccccc2)CCN(c2ncnc3sccc23)C1. The van der Waals surface area contributed by atoms with Crippen LogP contribution in [-0.2, 0) is 0 Å². The van der Waals surface area contributed by atoms with Gasteiger partial charge in [0.2, 0.25) is 0 Å². The van der Waals surface area contributed by atoms with E-state index in [-0.39, 0.29) is 0 Å². The van der Waals surface area contributed by atoms with E-state index in [1.54, 1.807) is 17.7 Å². The molecule has 0 unspecified atom stereocenters. The number of hydrogen-bond acceptors (Lipinski definition) is 4. The third-order valence-corrected chi connectivity index (χ3v) is 4.71. The van der Waals surface area contributed by atoms with Gasteiger partial charge in [0.25, 0.3) is 0 Å². The van der Waals surface area contributed by atoms with Crippen LogP contribution in [-0.4, -0.2) is 23.1 Å². The topological polar surface area (TPSA) is 29.0 Å². The van der Waals surface area contributed by atoms with Crippen molar-refractivity contribution in [2.75, 3.05) is 18.0 Å². The van der Waals surface area contributed by atoms with Crippen molar-refractivity contribution < 1.29 is 0 Å². The molecule has 0 bridgehead atoms. The Balaban J connectivity index is 1.63. The molecular formula is C17H15N3S. The number of hydrogen-bond donors (Lipinski definition) is 0. The summed E-state index contributed by atoms with van der Waals surface area (Å²) >= 11 is 1.67. The normalized spacial score (nSPS) is 15.2. The molecule has 4 rings (SSSR count). The molecule has 0 spiro atoms. The Bertz CT molecular complexity index is 792. The molecule has 0 aliphatic carbocycles. The van der Waals surface area contributed by atoms with Gasteiger partial charge in [-0.25, -0.2) is 9.97 Å². The molecule has 104 valence electrons. The zero-order valence-electron chi connectivity index (χ0n) is 11.6. The summed E-state index contributed by atoms with van der Waals surface area (Å²) in [6, 6.07) is 12.7. The van der Waals surface area contributed by atoms with E-state index in [4.69, 9.17) is 0 Å². The maximum Gasteiger partial charge on any atom is 0.141 e. The van der Waals surface area contributed by atoms with E-state index in [0.717, 1.165) is 30.2 Å². The second-order valence-corrected chi connectivity index (χ2v) is 6.02. The number of aromatic nitrogens is 2. The molecule has 0 atom stereocenters. The Morgan fingerprint density at radius 2 is 1.95 bits per heavy atom. The van der Waals surface area contributed by atoms with E-state index in [0.29, 0.717) is 0 Å². The second-order valence-electron chi connectivity index (χ2n) is 5.13. The lowest BCUT2D eigenvalue weighted by Crippen LogP contribution is -2.29. The standard InChI is InChI=1S/C17H15N3S/c1-2-4-13(5-3-1)14-6-9-20(10-7-14)16-15-8-11-21-17(15)19-12-18-16/h1-6,8,11-12H,7,9-10H2. The first-order valence-electron chi connectivity index (χ1n) is 7.09. The van der Waals surface area contributed by atoms with Crippen molar-refractivity contribution in [2.45, 2.75) is 6.42 Å². The third-order valence-electron chi connectivity index (χ3n) is 3.89. The zero-order chi connectivity index (χ0) is 14.1. The predicted octanol–water partition coefficient (Wildman–Crippen LogP) is 3.99. The van der Waals surface area contributed by atoms with Gasteiger partial charge in [0.05, 0.1) is 5.39 Å². The molecule has 0 fully saturated rings. The van der Waals surface area contributed by atoms with Gasteiger partial charge in [-0.05, 0) is 29.0 Å². The van der Waals surface area contributed by atoms with Crippen molar-refractivity contribution in [3.8, 4) is 0 Å². The summed E-state index contributed by atoms with van der Waals surface area (Å²) in [4.78, 5) is 12.2. The van der Waals surface area contributed by atoms with E-state index in [1.807, 2.05) is 0 Å². The summed E-state index contributed by atoms with van der Waals surface area (Å²) in [6.45, 7) is 1.91. The lowest BCUT2D eigenvalue weighted by Gasteiger charge is -2.28. The Morgan fingerprint density at radius 3 is 2.76 bits per heavy atom. The fourth-order valence-corrected chi connectivity index (χ4v) is 3.53. The Labute approximate surface area is 127 Å². The summed E-state index contributed by atoms with van der Waals surface area (Å²) in [5, 5.41) is 3.25. The molecule has 0 saturated carbocycles. The van der Waals surface area contributed by atoms with Crippen LogP contribution in [0.2, 0.25) is 0 Å². The molecule has 0 amide bonds. The van der Waals surface area contributed by atoms with E-state index in [1.165, 1.54) is 16.5 Å². The van der Waals surface area contributed by atoms with Crippen LogP contribution in [0.4, 0.5) is 5.82 Å². The summed E-state index contributed by atoms with van der Waals surface area (Å²) < 4.78 is 0. The molecule has 1 aromatic carbocycles. The van der Waals surface area contributed by atoms with Gasteiger partial charge in [0.1, 0.15) is 17.0 Å². The fraction of sp³-hybridized carbons (Fsp3) is 0.176. The highest BCUT2D eigenvalue weighted by molar-refractivity contribution is 7.16. The van der Waals surface area contributed by atoms with Crippen molar-refractivity contribution in [2.24, 2.45) is 0 Å². The van der Waals surface area contributed by atoms with Crippen molar-refractivity contribution in [1.82, 2.24) is 9.97 Å². The lowest BCUT2D eigenvalue weighted by molar-refractivity contribution is 0.819. The van der Waals surface area contributed by atoms with E-state index >= 15 is 0 Å². The van der Waals surface area contributed by atoms with Gasteiger partial charge in [-0.15, -0.1) is 11.3 Å². The minimum absolute atomic E-state index is 0.909. The van der Waals surface area contributed by atoms with Crippen LogP contribution >= 0.6 is 11.3 Å². The average Bonchev–Trinajstić information content (AvgIpc) is 3.04. The minimum Gasteiger partial charge on any atom is -0.352 e. The van der Waals surface area contributed by atoms with Crippen LogP contribution < -0.4 is 4.90 Å². The third kappa shape index (κ3) is 2.32. The number of rotatable bonds is 2. The molecule has 0 N–H and O–H groups in total. The fourth-order valence-electron chi connectivity index (χ4n) is 2.80. The molecule has 2 aromatic heterocycles. The Hall–Kier alpha value is -2.20. The highest BCUT2D eigenvalue weighted by Crippen LogP contribution is 2.30. The van der Waals surface area contributed by atoms with Crippen molar-refractivity contribution in [3.05, 3.63) is 59.7 Å². The van der Waals surface area contributed by atoms with Crippen LogP contribution in [0.25, 0.3) is 15.8 Å². The van der Waals surface area contributed by atoms with Crippen molar-refractivity contribution in [3.63, 3.8) is 0 Å². The van der Waals surface area contributed by atoms with Crippen molar-refractivity contribution >= 4 is 32.9 Å². The second kappa shape index (κ2) is 5.30. The molecule has 3 aromatic rings. The van der Waals surface area contributed by atoms with Crippen LogP contribution in [0.5, 0.6) is 0 Å². The van der Waals surface area contributed by atoms with Gasteiger partial charge in [0.15, 0.2) is 0 Å². The average molecular weight is 293 g/mol. The largest absolute Gasteiger partial charge is 0.352 e. The number of thiophene rings is 1. The highest BCUT2D eigenvalue weighted by Gasteiger charge is 2.17. The van der Waals surface area contributed by atoms with Gasteiger partial charge in [-0.3, -0.25) is 0 Å². The van der Waals surface area contributed by atoms with E-state index in [2.05, 4.69) is 62.7 Å². The molecular weight excluding hydrogens is 278 g/mol. The van der Waals surface area contributed by atoms with Crippen LogP contribution in [0, 0.1) is 0 Å². The van der Waals surface area contributed by atoms with E-state index in [9.17, 15) is 0 Å². The Morgan fingerprint density at radius 1 is 1.05 bits per heavy atom. The maximum absolute atomic E-state index is 4.49. The molecule has 21 heavy (non-hydrogen) atoms.